The van der Waals surface area contributed by atoms with E-state index >= 15 is 0 Å². The first kappa shape index (κ1) is 34.7. The molecule has 4 heterocycles. The van der Waals surface area contributed by atoms with Crippen molar-refractivity contribution in [2.45, 2.75) is 0 Å². The third-order valence-corrected chi connectivity index (χ3v) is 13.9. The van der Waals surface area contributed by atoms with Crippen LogP contribution in [0.5, 0.6) is 0 Å². The zero-order valence-corrected chi connectivity index (χ0v) is 33.8. The Kier molecular flexibility index (Phi) is 8.22. The second kappa shape index (κ2) is 14.2. The van der Waals surface area contributed by atoms with Crippen molar-refractivity contribution in [1.82, 2.24) is 15.0 Å². The van der Waals surface area contributed by atoms with Crippen LogP contribution < -0.4 is 0 Å². The molecular weight excluding hydrogens is 767 g/mol. The summed E-state index contributed by atoms with van der Waals surface area (Å²) in [6.07, 6.45) is 3.75. The molecule has 280 valence electrons. The lowest BCUT2D eigenvalue weighted by Crippen LogP contribution is -1.97. The molecule has 12 rings (SSSR count). The van der Waals surface area contributed by atoms with Gasteiger partial charge in [-0.2, -0.15) is 0 Å². The smallest absolute Gasteiger partial charge is 0.160 e. The summed E-state index contributed by atoms with van der Waals surface area (Å²) in [4.78, 5) is 15.3. The Morgan fingerprint density at radius 2 is 0.833 bits per heavy atom. The third-order valence-electron chi connectivity index (χ3n) is 11.6. The van der Waals surface area contributed by atoms with Gasteiger partial charge in [-0.25, -0.2) is 9.97 Å². The van der Waals surface area contributed by atoms with Gasteiger partial charge in [0.2, 0.25) is 0 Å². The molecule has 0 saturated carbocycles. The lowest BCUT2D eigenvalue weighted by atomic mass is 9.93. The van der Waals surface area contributed by atoms with Crippen molar-refractivity contribution in [2.75, 3.05) is 0 Å². The van der Waals surface area contributed by atoms with Crippen molar-refractivity contribution in [3.8, 4) is 67.3 Å². The maximum Gasteiger partial charge on any atom is 0.160 e. The van der Waals surface area contributed by atoms with Gasteiger partial charge in [-0.05, 0) is 105 Å². The van der Waals surface area contributed by atoms with Crippen molar-refractivity contribution in [1.29, 1.82) is 0 Å². The van der Waals surface area contributed by atoms with E-state index in [1.54, 1.807) is 0 Å². The molecule has 60 heavy (non-hydrogen) atoms. The minimum Gasteiger partial charge on any atom is -0.264 e. The molecule has 4 aromatic heterocycles. The van der Waals surface area contributed by atoms with Crippen LogP contribution in [0.1, 0.15) is 0 Å². The van der Waals surface area contributed by atoms with E-state index in [4.69, 9.17) is 9.97 Å². The van der Waals surface area contributed by atoms with Gasteiger partial charge >= 0.3 is 0 Å². The van der Waals surface area contributed by atoms with Crippen LogP contribution in [-0.4, -0.2) is 15.0 Å². The molecule has 0 saturated heterocycles. The van der Waals surface area contributed by atoms with E-state index in [9.17, 15) is 0 Å². The van der Waals surface area contributed by atoms with Gasteiger partial charge in [-0.15, -0.1) is 22.7 Å². The predicted molar refractivity (Wildman–Crippen MR) is 256 cm³/mol. The SMILES string of the molecule is c1ccc(-c2cc(-c3cccc4c(-c5cccnc5)cccc34)nc(-c3cc(-c4ccc5sc6ccccc6c5c4)cc(-c4ccc5sc6ccccc6c5c4)c3)n2)cc1. The van der Waals surface area contributed by atoms with Gasteiger partial charge in [0.05, 0.1) is 11.4 Å². The van der Waals surface area contributed by atoms with E-state index in [1.807, 2.05) is 47.2 Å². The highest BCUT2D eigenvalue weighted by Gasteiger charge is 2.17. The molecule has 0 unspecified atom stereocenters. The van der Waals surface area contributed by atoms with E-state index in [1.165, 1.54) is 40.3 Å². The predicted octanol–water partition coefficient (Wildman–Crippen LogP) is 15.8. The van der Waals surface area contributed by atoms with E-state index in [-0.39, 0.29) is 0 Å². The fourth-order valence-corrected chi connectivity index (χ4v) is 10.9. The zero-order valence-electron chi connectivity index (χ0n) is 32.2. The Morgan fingerprint density at radius 1 is 0.300 bits per heavy atom. The Bertz CT molecular complexity index is 3470. The molecule has 0 bridgehead atoms. The molecule has 3 nitrogen and oxygen atoms in total. The highest BCUT2D eigenvalue weighted by molar-refractivity contribution is 7.26. The van der Waals surface area contributed by atoms with Gasteiger partial charge in [0.25, 0.3) is 0 Å². The quantitative estimate of drug-likeness (QED) is 0.168. The van der Waals surface area contributed by atoms with Gasteiger partial charge in [0.1, 0.15) is 0 Å². The number of hydrogen-bond donors (Lipinski definition) is 0. The minimum atomic E-state index is 0.680. The second-order valence-corrected chi connectivity index (χ2v) is 17.4. The summed E-state index contributed by atoms with van der Waals surface area (Å²) < 4.78 is 5.18. The Labute approximate surface area is 354 Å². The number of pyridine rings is 1. The molecule has 0 N–H and O–H groups in total. The number of thiophene rings is 2. The van der Waals surface area contributed by atoms with E-state index < -0.39 is 0 Å². The van der Waals surface area contributed by atoms with Crippen molar-refractivity contribution in [2.24, 2.45) is 0 Å². The van der Waals surface area contributed by atoms with Crippen molar-refractivity contribution in [3.05, 3.63) is 200 Å². The molecule has 0 amide bonds. The maximum absolute atomic E-state index is 5.47. The van der Waals surface area contributed by atoms with Crippen LogP contribution >= 0.6 is 22.7 Å². The summed E-state index contributed by atoms with van der Waals surface area (Å²) in [7, 11) is 0. The van der Waals surface area contributed by atoms with Gasteiger partial charge in [-0.1, -0.05) is 121 Å². The lowest BCUT2D eigenvalue weighted by Gasteiger charge is -2.15. The topological polar surface area (TPSA) is 38.7 Å². The number of benzene rings is 8. The molecule has 0 aliphatic carbocycles. The van der Waals surface area contributed by atoms with Crippen LogP contribution in [0.4, 0.5) is 0 Å². The highest BCUT2D eigenvalue weighted by atomic mass is 32.1. The van der Waals surface area contributed by atoms with E-state index in [0.29, 0.717) is 5.82 Å². The molecule has 5 heteroatoms. The normalized spacial score (nSPS) is 11.7. The number of rotatable bonds is 6. The van der Waals surface area contributed by atoms with Gasteiger partial charge < -0.3 is 0 Å². The summed E-state index contributed by atoms with van der Waals surface area (Å²) >= 11 is 3.69. The van der Waals surface area contributed by atoms with E-state index in [2.05, 4.69) is 181 Å². The molecule has 0 aliphatic heterocycles. The number of aromatic nitrogens is 3. The zero-order chi connectivity index (χ0) is 39.6. The first-order valence-corrected chi connectivity index (χ1v) is 21.7. The van der Waals surface area contributed by atoms with Crippen LogP contribution in [0.15, 0.2) is 200 Å². The molecule has 0 spiro atoms. The second-order valence-electron chi connectivity index (χ2n) is 15.2. The van der Waals surface area contributed by atoms with Crippen LogP contribution in [0.25, 0.3) is 118 Å². The Balaban J connectivity index is 1.09. The standard InChI is InChI=1S/C55H33N3S2/c1-2-11-34(12-3-1)49-32-50(44-19-9-17-42-41(16-8-18-43(42)44)37-13-10-26-56-33-37)58-55(57-49)40-28-38(35-22-24-53-47(30-35)45-14-4-6-20-51(45)59-53)27-39(29-40)36-23-25-54-48(31-36)46-15-5-7-21-52(46)60-54/h1-33H. The lowest BCUT2D eigenvalue weighted by molar-refractivity contribution is 1.19. The third kappa shape index (κ3) is 5.98. The highest BCUT2D eigenvalue weighted by Crippen LogP contribution is 2.42. The Hall–Kier alpha value is -7.31. The van der Waals surface area contributed by atoms with Gasteiger partial charge in [0, 0.05) is 75.0 Å². The average Bonchev–Trinajstić information content (AvgIpc) is 3.89. The van der Waals surface area contributed by atoms with Crippen molar-refractivity contribution in [3.63, 3.8) is 0 Å². The summed E-state index contributed by atoms with van der Waals surface area (Å²) in [5.74, 6) is 0.680. The molecule has 0 atom stereocenters. The van der Waals surface area contributed by atoms with Crippen LogP contribution in [0.3, 0.4) is 0 Å². The van der Waals surface area contributed by atoms with E-state index in [0.717, 1.165) is 72.2 Å². The van der Waals surface area contributed by atoms with Gasteiger partial charge in [0.15, 0.2) is 5.82 Å². The fraction of sp³-hybridized carbons (Fsp3) is 0. The first-order chi connectivity index (χ1) is 29.7. The number of fused-ring (bicyclic) bond motifs is 7. The molecule has 0 aliphatic rings. The minimum absolute atomic E-state index is 0.680. The van der Waals surface area contributed by atoms with Crippen molar-refractivity contribution < 1.29 is 0 Å². The number of hydrogen-bond acceptors (Lipinski definition) is 5. The maximum atomic E-state index is 5.47. The molecular formula is C55H33N3S2. The first-order valence-electron chi connectivity index (χ1n) is 20.1. The van der Waals surface area contributed by atoms with Crippen molar-refractivity contribution >= 4 is 73.8 Å². The van der Waals surface area contributed by atoms with Crippen LogP contribution in [0.2, 0.25) is 0 Å². The summed E-state index contributed by atoms with van der Waals surface area (Å²) in [5, 5.41) is 7.41. The Morgan fingerprint density at radius 3 is 1.48 bits per heavy atom. The summed E-state index contributed by atoms with van der Waals surface area (Å²) in [5.41, 5.74) is 11.6. The van der Waals surface area contributed by atoms with Crippen LogP contribution in [-0.2, 0) is 0 Å². The fourth-order valence-electron chi connectivity index (χ4n) is 8.68. The molecule has 0 radical (unpaired) electrons. The number of nitrogens with zero attached hydrogens (tertiary/aromatic N) is 3. The average molecular weight is 800 g/mol. The van der Waals surface area contributed by atoms with Gasteiger partial charge in [-0.3, -0.25) is 4.98 Å². The molecule has 0 fully saturated rings. The molecule has 12 aromatic rings. The monoisotopic (exact) mass is 799 g/mol. The largest absolute Gasteiger partial charge is 0.264 e. The molecule has 8 aromatic carbocycles. The summed E-state index contributed by atoms with van der Waals surface area (Å²) in [6, 6.07) is 67.8. The summed E-state index contributed by atoms with van der Waals surface area (Å²) in [6.45, 7) is 0. The van der Waals surface area contributed by atoms with Crippen LogP contribution in [0, 0.1) is 0 Å².